The van der Waals surface area contributed by atoms with Gasteiger partial charge < -0.3 is 4.90 Å². The number of hydrogen-bond acceptors (Lipinski definition) is 3. The molecular weight excluding hydrogens is 336 g/mol. The Morgan fingerprint density at radius 2 is 1.87 bits per heavy atom. The molecule has 1 fully saturated rings. The van der Waals surface area contributed by atoms with Gasteiger partial charge in [-0.3, -0.25) is 4.79 Å². The Morgan fingerprint density at radius 1 is 1.26 bits per heavy atom. The van der Waals surface area contributed by atoms with E-state index in [0.29, 0.717) is 44.0 Å². The monoisotopic (exact) mass is 358 g/mol. The van der Waals surface area contributed by atoms with Gasteiger partial charge in [-0.05, 0) is 44.9 Å². The average molecular weight is 359 g/mol. The van der Waals surface area contributed by atoms with Gasteiger partial charge in [0.1, 0.15) is 0 Å². The maximum atomic E-state index is 12.6. The Kier molecular flexibility index (Phi) is 6.06. The number of piperidine rings is 1. The van der Waals surface area contributed by atoms with Crippen LogP contribution in [0, 0.1) is 5.92 Å². The molecule has 2 rings (SSSR count). The summed E-state index contributed by atoms with van der Waals surface area (Å²) >= 11 is 5.89. The number of nitrogens with zero attached hydrogens (tertiary/aromatic N) is 2. The second-order valence-corrected chi connectivity index (χ2v) is 8.02. The summed E-state index contributed by atoms with van der Waals surface area (Å²) < 4.78 is 26.7. The molecule has 1 saturated heterocycles. The first-order valence-electron chi connectivity index (χ1n) is 7.94. The van der Waals surface area contributed by atoms with Crippen LogP contribution in [0.25, 0.3) is 0 Å². The van der Waals surface area contributed by atoms with Gasteiger partial charge in [-0.25, -0.2) is 8.42 Å². The van der Waals surface area contributed by atoms with Gasteiger partial charge in [0.15, 0.2) is 0 Å². The number of hydrogen-bond donors (Lipinski definition) is 0. The van der Waals surface area contributed by atoms with E-state index >= 15 is 0 Å². The molecule has 0 aliphatic carbocycles. The van der Waals surface area contributed by atoms with E-state index < -0.39 is 10.0 Å². The van der Waals surface area contributed by atoms with Crippen molar-refractivity contribution in [1.82, 2.24) is 9.21 Å². The van der Waals surface area contributed by atoms with E-state index in [0.717, 1.165) is 0 Å². The molecule has 0 aromatic heterocycles. The third kappa shape index (κ3) is 4.05. The minimum atomic E-state index is -3.54. The van der Waals surface area contributed by atoms with Crippen LogP contribution in [0.15, 0.2) is 29.2 Å². The van der Waals surface area contributed by atoms with Crippen LogP contribution in [0.2, 0.25) is 5.02 Å². The molecule has 0 spiro atoms. The van der Waals surface area contributed by atoms with E-state index in [1.54, 1.807) is 18.2 Å². The van der Waals surface area contributed by atoms with Crippen molar-refractivity contribution in [2.24, 2.45) is 5.92 Å². The lowest BCUT2D eigenvalue weighted by Gasteiger charge is -2.33. The maximum Gasteiger partial charge on any atom is 0.243 e. The molecule has 1 aromatic rings. The van der Waals surface area contributed by atoms with E-state index in [-0.39, 0.29) is 16.7 Å². The first-order valence-corrected chi connectivity index (χ1v) is 9.76. The minimum absolute atomic E-state index is 0.0827. The van der Waals surface area contributed by atoms with E-state index in [1.807, 2.05) is 18.7 Å². The van der Waals surface area contributed by atoms with Gasteiger partial charge >= 0.3 is 0 Å². The van der Waals surface area contributed by atoms with Gasteiger partial charge in [-0.1, -0.05) is 17.7 Å². The fraction of sp³-hybridized carbons (Fsp3) is 0.562. The maximum absolute atomic E-state index is 12.6. The molecule has 0 unspecified atom stereocenters. The Morgan fingerprint density at radius 3 is 2.39 bits per heavy atom. The topological polar surface area (TPSA) is 57.7 Å². The van der Waals surface area contributed by atoms with Crippen LogP contribution in [-0.2, 0) is 14.8 Å². The summed E-state index contributed by atoms with van der Waals surface area (Å²) in [5.41, 5.74) is 0. The summed E-state index contributed by atoms with van der Waals surface area (Å²) in [4.78, 5) is 14.4. The molecule has 1 aromatic carbocycles. The third-order valence-electron chi connectivity index (χ3n) is 4.31. The molecule has 23 heavy (non-hydrogen) atoms. The molecule has 1 amide bonds. The van der Waals surface area contributed by atoms with Crippen LogP contribution in [0.5, 0.6) is 0 Å². The third-order valence-corrected chi connectivity index (χ3v) is 6.44. The summed E-state index contributed by atoms with van der Waals surface area (Å²) in [6, 6.07) is 6.29. The summed E-state index contributed by atoms with van der Waals surface area (Å²) in [5, 5.41) is 0.401. The highest BCUT2D eigenvalue weighted by atomic mass is 35.5. The van der Waals surface area contributed by atoms with Gasteiger partial charge in [0.2, 0.25) is 15.9 Å². The highest BCUT2D eigenvalue weighted by Gasteiger charge is 2.33. The van der Waals surface area contributed by atoms with Crippen molar-refractivity contribution in [2.45, 2.75) is 31.6 Å². The van der Waals surface area contributed by atoms with E-state index in [9.17, 15) is 13.2 Å². The lowest BCUT2D eigenvalue weighted by atomic mass is 9.96. The van der Waals surface area contributed by atoms with Crippen LogP contribution >= 0.6 is 11.6 Å². The van der Waals surface area contributed by atoms with Gasteiger partial charge in [0.25, 0.3) is 0 Å². The quantitative estimate of drug-likeness (QED) is 0.813. The van der Waals surface area contributed by atoms with Crippen molar-refractivity contribution in [3.63, 3.8) is 0 Å². The highest BCUT2D eigenvalue weighted by Crippen LogP contribution is 2.26. The van der Waals surface area contributed by atoms with E-state index in [4.69, 9.17) is 11.6 Å². The second kappa shape index (κ2) is 7.64. The van der Waals surface area contributed by atoms with Crippen molar-refractivity contribution >= 4 is 27.5 Å². The predicted molar refractivity (Wildman–Crippen MR) is 90.9 cm³/mol. The van der Waals surface area contributed by atoms with Crippen LogP contribution < -0.4 is 0 Å². The Labute approximate surface area is 143 Å². The second-order valence-electron chi connectivity index (χ2n) is 5.65. The zero-order valence-electron chi connectivity index (χ0n) is 13.5. The number of sulfonamides is 1. The van der Waals surface area contributed by atoms with Crippen LogP contribution in [0.1, 0.15) is 26.7 Å². The fourth-order valence-corrected chi connectivity index (χ4v) is 4.68. The minimum Gasteiger partial charge on any atom is -0.343 e. The molecule has 128 valence electrons. The number of amides is 1. The van der Waals surface area contributed by atoms with E-state index in [1.165, 1.54) is 10.4 Å². The average Bonchev–Trinajstić information content (AvgIpc) is 2.56. The van der Waals surface area contributed by atoms with Gasteiger partial charge in [-0.2, -0.15) is 4.31 Å². The standard InChI is InChI=1S/C16H23ClN2O3S/c1-3-18(4-2)16(20)13-8-10-19(11-9-13)23(21,22)15-7-5-6-14(17)12-15/h5-7,12-13H,3-4,8-11H2,1-2H3. The molecule has 1 aliphatic heterocycles. The summed E-state index contributed by atoms with van der Waals surface area (Å²) in [5.74, 6) is 0.0514. The first-order chi connectivity index (χ1) is 10.9. The molecular formula is C16H23ClN2O3S. The SMILES string of the molecule is CCN(CC)C(=O)C1CCN(S(=O)(=O)c2cccc(Cl)c2)CC1. The lowest BCUT2D eigenvalue weighted by Crippen LogP contribution is -2.44. The highest BCUT2D eigenvalue weighted by molar-refractivity contribution is 7.89. The summed E-state index contributed by atoms with van der Waals surface area (Å²) in [6.07, 6.45) is 1.13. The van der Waals surface area contributed by atoms with Crippen molar-refractivity contribution in [3.8, 4) is 0 Å². The smallest absolute Gasteiger partial charge is 0.243 e. The molecule has 0 atom stereocenters. The molecule has 0 saturated carbocycles. The Bertz CT molecular complexity index is 651. The van der Waals surface area contributed by atoms with Gasteiger partial charge in [0.05, 0.1) is 4.90 Å². The summed E-state index contributed by atoms with van der Waals surface area (Å²) in [6.45, 7) is 6.03. The van der Waals surface area contributed by atoms with Gasteiger partial charge in [-0.15, -0.1) is 0 Å². The number of carbonyl (C=O) groups excluding carboxylic acids is 1. The zero-order valence-corrected chi connectivity index (χ0v) is 15.1. The number of benzene rings is 1. The van der Waals surface area contributed by atoms with Crippen LogP contribution in [-0.4, -0.2) is 49.7 Å². The molecule has 0 bridgehead atoms. The van der Waals surface area contributed by atoms with Crippen molar-refractivity contribution in [1.29, 1.82) is 0 Å². The molecule has 1 aliphatic rings. The van der Waals surface area contributed by atoms with Crippen LogP contribution in [0.4, 0.5) is 0 Å². The van der Waals surface area contributed by atoms with E-state index in [2.05, 4.69) is 0 Å². The molecule has 5 nitrogen and oxygen atoms in total. The van der Waals surface area contributed by atoms with Crippen molar-refractivity contribution in [3.05, 3.63) is 29.3 Å². The van der Waals surface area contributed by atoms with Crippen molar-refractivity contribution in [2.75, 3.05) is 26.2 Å². The normalized spacial score (nSPS) is 17.2. The number of carbonyl (C=O) groups is 1. The Hall–Kier alpha value is -1.11. The Balaban J connectivity index is 2.05. The lowest BCUT2D eigenvalue weighted by molar-refractivity contribution is -0.136. The summed E-state index contributed by atoms with van der Waals surface area (Å²) in [7, 11) is -3.54. The first kappa shape index (κ1) is 18.2. The van der Waals surface area contributed by atoms with Crippen molar-refractivity contribution < 1.29 is 13.2 Å². The number of halogens is 1. The molecule has 7 heteroatoms. The fourth-order valence-electron chi connectivity index (χ4n) is 2.91. The molecule has 1 heterocycles. The largest absolute Gasteiger partial charge is 0.343 e. The molecule has 0 radical (unpaired) electrons. The van der Waals surface area contributed by atoms with Gasteiger partial charge in [0, 0.05) is 37.1 Å². The predicted octanol–water partition coefficient (Wildman–Crippen LogP) is 2.61. The zero-order chi connectivity index (χ0) is 17.0. The van der Waals surface area contributed by atoms with Crippen LogP contribution in [0.3, 0.4) is 0 Å². The molecule has 0 N–H and O–H groups in total. The number of rotatable bonds is 5.